The molecule has 27 heavy (non-hydrogen) atoms. The summed E-state index contributed by atoms with van der Waals surface area (Å²) in [4.78, 5) is 12.9. The summed E-state index contributed by atoms with van der Waals surface area (Å²) in [6.07, 6.45) is 0.511. The molecule has 0 fully saturated rings. The molecule has 0 bridgehead atoms. The van der Waals surface area contributed by atoms with E-state index in [4.69, 9.17) is 10.5 Å². The van der Waals surface area contributed by atoms with E-state index < -0.39 is 11.7 Å². The summed E-state index contributed by atoms with van der Waals surface area (Å²) in [5, 5.41) is 5.27. The minimum atomic E-state index is -0.445. The van der Waals surface area contributed by atoms with Crippen molar-refractivity contribution < 1.29 is 13.9 Å². The predicted molar refractivity (Wildman–Crippen MR) is 103 cm³/mol. The van der Waals surface area contributed by atoms with Gasteiger partial charge in [0.05, 0.1) is 18.6 Å². The molecule has 0 radical (unpaired) electrons. The predicted octanol–water partition coefficient (Wildman–Crippen LogP) is 3.66. The number of amides is 1. The Morgan fingerprint density at radius 1 is 1.15 bits per heavy atom. The molecular formula is C22H21FN2O2. The number of halogens is 1. The summed E-state index contributed by atoms with van der Waals surface area (Å²) in [6, 6.07) is 18.5. The first kappa shape index (κ1) is 17.5. The molecular weight excluding hydrogens is 343 g/mol. The molecule has 3 aromatic carbocycles. The van der Waals surface area contributed by atoms with E-state index >= 15 is 0 Å². The second-order valence-electron chi connectivity index (χ2n) is 6.75. The van der Waals surface area contributed by atoms with Gasteiger partial charge in [0, 0.05) is 12.1 Å². The first-order valence-corrected chi connectivity index (χ1v) is 9.07. The number of ether oxygens (including phenoxy) is 1. The van der Waals surface area contributed by atoms with Crippen LogP contribution in [0.1, 0.15) is 29.5 Å². The van der Waals surface area contributed by atoms with E-state index in [-0.39, 0.29) is 24.2 Å². The Labute approximate surface area is 157 Å². The fraction of sp³-hybridized carbons (Fsp3) is 0.227. The average Bonchev–Trinajstić information content (AvgIpc) is 2.71. The first-order valence-electron chi connectivity index (χ1n) is 9.07. The van der Waals surface area contributed by atoms with E-state index in [2.05, 4.69) is 5.32 Å². The number of fused-ring (bicyclic) bond motifs is 2. The molecule has 1 heterocycles. The van der Waals surface area contributed by atoms with Crippen molar-refractivity contribution >= 4 is 16.7 Å². The molecule has 0 aliphatic carbocycles. The number of hydrogen-bond donors (Lipinski definition) is 2. The zero-order valence-corrected chi connectivity index (χ0v) is 14.8. The monoisotopic (exact) mass is 364 g/mol. The second-order valence-corrected chi connectivity index (χ2v) is 6.75. The van der Waals surface area contributed by atoms with Gasteiger partial charge in [-0.1, -0.05) is 48.5 Å². The third-order valence-electron chi connectivity index (χ3n) is 5.07. The van der Waals surface area contributed by atoms with Crippen molar-refractivity contribution in [1.29, 1.82) is 0 Å². The number of para-hydroxylation sites is 1. The maximum absolute atomic E-state index is 14.0. The Bertz CT molecular complexity index is 989. The van der Waals surface area contributed by atoms with Crippen LogP contribution >= 0.6 is 0 Å². The highest BCUT2D eigenvalue weighted by Gasteiger charge is 2.30. The van der Waals surface area contributed by atoms with Crippen LogP contribution < -0.4 is 15.8 Å². The highest BCUT2D eigenvalue weighted by atomic mass is 19.1. The molecule has 0 saturated heterocycles. The van der Waals surface area contributed by atoms with Crippen molar-refractivity contribution in [2.24, 2.45) is 5.73 Å². The Kier molecular flexibility index (Phi) is 4.77. The van der Waals surface area contributed by atoms with E-state index in [1.807, 2.05) is 42.5 Å². The number of nitrogens with one attached hydrogen (secondary N) is 1. The Hall–Kier alpha value is -2.92. The lowest BCUT2D eigenvalue weighted by molar-refractivity contribution is -0.123. The minimum Gasteiger partial charge on any atom is -0.490 e. The lowest BCUT2D eigenvalue weighted by Gasteiger charge is -2.27. The molecule has 138 valence electrons. The van der Waals surface area contributed by atoms with Crippen molar-refractivity contribution in [1.82, 2.24) is 5.32 Å². The summed E-state index contributed by atoms with van der Waals surface area (Å²) >= 11 is 0. The summed E-state index contributed by atoms with van der Waals surface area (Å²) in [5.74, 6) is -0.860. The number of nitrogens with two attached hydrogens (primary N) is 1. The van der Waals surface area contributed by atoms with Crippen LogP contribution in [0.25, 0.3) is 10.8 Å². The molecule has 3 N–H and O–H groups in total. The highest BCUT2D eigenvalue weighted by Crippen LogP contribution is 2.36. The summed E-state index contributed by atoms with van der Waals surface area (Å²) in [6.45, 7) is 0.596. The van der Waals surface area contributed by atoms with Gasteiger partial charge in [-0.25, -0.2) is 4.39 Å². The SMILES string of the molecule is NCC(NC(=O)C1CCOc2c(F)cccc21)c1ccc2ccccc2c1. The number of carbonyl (C=O) groups excluding carboxylic acids is 1. The molecule has 1 aliphatic rings. The van der Waals surface area contributed by atoms with Gasteiger partial charge in [-0.05, 0) is 34.9 Å². The maximum atomic E-state index is 14.0. The normalized spacial score (nSPS) is 17.0. The van der Waals surface area contributed by atoms with Crippen LogP contribution in [-0.4, -0.2) is 19.1 Å². The van der Waals surface area contributed by atoms with Gasteiger partial charge < -0.3 is 15.8 Å². The van der Waals surface area contributed by atoms with Crippen molar-refractivity contribution in [2.75, 3.05) is 13.2 Å². The van der Waals surface area contributed by atoms with Crippen LogP contribution in [0.4, 0.5) is 4.39 Å². The van der Waals surface area contributed by atoms with Crippen LogP contribution in [0.15, 0.2) is 60.7 Å². The summed E-state index contributed by atoms with van der Waals surface area (Å²) in [5.41, 5.74) is 7.49. The number of rotatable bonds is 4. The van der Waals surface area contributed by atoms with E-state index in [1.165, 1.54) is 6.07 Å². The largest absolute Gasteiger partial charge is 0.490 e. The van der Waals surface area contributed by atoms with Gasteiger partial charge in [0.25, 0.3) is 0 Å². The van der Waals surface area contributed by atoms with Gasteiger partial charge >= 0.3 is 0 Å². The Balaban J connectivity index is 1.58. The molecule has 5 heteroatoms. The lowest BCUT2D eigenvalue weighted by Crippen LogP contribution is -2.38. The minimum absolute atomic E-state index is 0.159. The van der Waals surface area contributed by atoms with E-state index in [9.17, 15) is 9.18 Å². The number of carbonyl (C=O) groups is 1. The molecule has 0 saturated carbocycles. The fourth-order valence-corrected chi connectivity index (χ4v) is 3.63. The Morgan fingerprint density at radius 3 is 2.78 bits per heavy atom. The first-order chi connectivity index (χ1) is 13.2. The van der Waals surface area contributed by atoms with E-state index in [1.54, 1.807) is 12.1 Å². The zero-order chi connectivity index (χ0) is 18.8. The van der Waals surface area contributed by atoms with Crippen LogP contribution in [0.3, 0.4) is 0 Å². The number of benzene rings is 3. The van der Waals surface area contributed by atoms with Crippen molar-refractivity contribution in [3.05, 3.63) is 77.6 Å². The van der Waals surface area contributed by atoms with Crippen LogP contribution in [0, 0.1) is 5.82 Å². The summed E-state index contributed by atoms with van der Waals surface area (Å²) in [7, 11) is 0. The zero-order valence-electron chi connectivity index (χ0n) is 14.8. The van der Waals surface area contributed by atoms with Gasteiger partial charge in [0.1, 0.15) is 0 Å². The second kappa shape index (κ2) is 7.37. The molecule has 4 rings (SSSR count). The van der Waals surface area contributed by atoms with Gasteiger partial charge in [-0.3, -0.25) is 4.79 Å². The fourth-order valence-electron chi connectivity index (χ4n) is 3.63. The highest BCUT2D eigenvalue weighted by molar-refractivity contribution is 5.86. The van der Waals surface area contributed by atoms with Gasteiger partial charge in [-0.2, -0.15) is 0 Å². The lowest BCUT2D eigenvalue weighted by atomic mass is 9.91. The smallest absolute Gasteiger partial charge is 0.228 e. The van der Waals surface area contributed by atoms with Crippen molar-refractivity contribution in [2.45, 2.75) is 18.4 Å². The molecule has 4 nitrogen and oxygen atoms in total. The van der Waals surface area contributed by atoms with E-state index in [0.29, 0.717) is 18.6 Å². The average molecular weight is 364 g/mol. The quantitative estimate of drug-likeness (QED) is 0.743. The van der Waals surface area contributed by atoms with Crippen molar-refractivity contribution in [3.8, 4) is 5.75 Å². The van der Waals surface area contributed by atoms with Crippen LogP contribution in [-0.2, 0) is 4.79 Å². The van der Waals surface area contributed by atoms with Gasteiger partial charge in [0.2, 0.25) is 5.91 Å². The van der Waals surface area contributed by atoms with Crippen molar-refractivity contribution in [3.63, 3.8) is 0 Å². The third kappa shape index (κ3) is 3.38. The van der Waals surface area contributed by atoms with Crippen LogP contribution in [0.2, 0.25) is 0 Å². The molecule has 1 amide bonds. The van der Waals surface area contributed by atoms with Gasteiger partial charge in [0.15, 0.2) is 11.6 Å². The summed E-state index contributed by atoms with van der Waals surface area (Å²) < 4.78 is 19.4. The van der Waals surface area contributed by atoms with Gasteiger partial charge in [-0.15, -0.1) is 0 Å². The molecule has 1 aliphatic heterocycles. The molecule has 0 spiro atoms. The third-order valence-corrected chi connectivity index (χ3v) is 5.07. The standard InChI is InChI=1S/C22H21FN2O2/c23-19-7-3-6-17-18(10-11-27-21(17)19)22(26)25-20(13-24)16-9-8-14-4-1-2-5-15(14)12-16/h1-9,12,18,20H,10-11,13,24H2,(H,25,26). The molecule has 2 unspecified atom stereocenters. The molecule has 3 aromatic rings. The molecule has 2 atom stereocenters. The Morgan fingerprint density at radius 2 is 1.96 bits per heavy atom. The van der Waals surface area contributed by atoms with Crippen LogP contribution in [0.5, 0.6) is 5.75 Å². The molecule has 0 aromatic heterocycles. The topological polar surface area (TPSA) is 64.3 Å². The van der Waals surface area contributed by atoms with E-state index in [0.717, 1.165) is 16.3 Å². The maximum Gasteiger partial charge on any atom is 0.228 e. The number of hydrogen-bond acceptors (Lipinski definition) is 3.